The Hall–Kier alpha value is -0.130. The number of nitrogens with two attached hydrogens (primary N) is 1. The highest BCUT2D eigenvalue weighted by atomic mass is 32.2. The summed E-state index contributed by atoms with van der Waals surface area (Å²) in [4.78, 5) is 0. The fourth-order valence-corrected chi connectivity index (χ4v) is 4.27. The molecule has 4 nitrogen and oxygen atoms in total. The molecule has 0 aromatic rings. The molecule has 0 bridgehead atoms. The van der Waals surface area contributed by atoms with E-state index >= 15 is 0 Å². The maximum Gasteiger partial charge on any atom is 0.215 e. The molecule has 1 atom stereocenters. The van der Waals surface area contributed by atoms with E-state index in [0.29, 0.717) is 6.54 Å². The maximum atomic E-state index is 12.2. The van der Waals surface area contributed by atoms with Crippen molar-refractivity contribution in [3.05, 3.63) is 0 Å². The van der Waals surface area contributed by atoms with Crippen molar-refractivity contribution in [3.8, 4) is 0 Å². The van der Waals surface area contributed by atoms with Crippen molar-refractivity contribution in [2.45, 2.75) is 52.6 Å². The van der Waals surface area contributed by atoms with Crippen molar-refractivity contribution in [1.29, 1.82) is 0 Å². The molecule has 1 rings (SSSR count). The van der Waals surface area contributed by atoms with Gasteiger partial charge in [-0.1, -0.05) is 33.6 Å². The Balaban J connectivity index is 2.80. The molecule has 1 fully saturated rings. The van der Waals surface area contributed by atoms with Crippen molar-refractivity contribution in [1.82, 2.24) is 4.31 Å². The van der Waals surface area contributed by atoms with E-state index in [2.05, 4.69) is 0 Å². The summed E-state index contributed by atoms with van der Waals surface area (Å²) in [6.07, 6.45) is 3.49. The second kappa shape index (κ2) is 5.02. The number of nitrogens with zero attached hydrogens (tertiary/aromatic N) is 1. The van der Waals surface area contributed by atoms with Crippen molar-refractivity contribution < 1.29 is 8.42 Å². The summed E-state index contributed by atoms with van der Waals surface area (Å²) in [5.41, 5.74) is 5.71. The molecule has 0 radical (unpaired) electrons. The molecular formula is C11H24N2O2S. The lowest BCUT2D eigenvalue weighted by Crippen LogP contribution is -2.47. The summed E-state index contributed by atoms with van der Waals surface area (Å²) in [5, 5.41) is 0. The molecule has 96 valence electrons. The van der Waals surface area contributed by atoms with Gasteiger partial charge in [0.05, 0.1) is 11.9 Å². The molecule has 1 unspecified atom stereocenters. The van der Waals surface area contributed by atoms with Gasteiger partial charge in [-0.3, -0.25) is 0 Å². The molecule has 0 saturated carbocycles. The third-order valence-electron chi connectivity index (χ3n) is 2.72. The van der Waals surface area contributed by atoms with Crippen LogP contribution in [0.4, 0.5) is 0 Å². The molecular weight excluding hydrogens is 224 g/mol. The lowest BCUT2D eigenvalue weighted by Gasteiger charge is -2.29. The summed E-state index contributed by atoms with van der Waals surface area (Å²) in [6, 6.07) is 0. The summed E-state index contributed by atoms with van der Waals surface area (Å²) in [5.74, 6) is 0.174. The molecule has 0 spiro atoms. The molecule has 2 N–H and O–H groups in total. The summed E-state index contributed by atoms with van der Waals surface area (Å²) >= 11 is 0. The van der Waals surface area contributed by atoms with E-state index in [-0.39, 0.29) is 17.3 Å². The Morgan fingerprint density at radius 3 is 2.44 bits per heavy atom. The van der Waals surface area contributed by atoms with Crippen molar-refractivity contribution in [2.24, 2.45) is 11.1 Å². The largest absolute Gasteiger partial charge is 0.315 e. The molecule has 1 aliphatic rings. The second-order valence-corrected chi connectivity index (χ2v) is 7.77. The van der Waals surface area contributed by atoms with Crippen LogP contribution in [0.15, 0.2) is 0 Å². The van der Waals surface area contributed by atoms with E-state index in [4.69, 9.17) is 5.73 Å². The van der Waals surface area contributed by atoms with Gasteiger partial charge in [0.2, 0.25) is 10.0 Å². The Morgan fingerprint density at radius 1 is 1.25 bits per heavy atom. The molecule has 16 heavy (non-hydrogen) atoms. The molecule has 5 heteroatoms. The standard InChI is InChI=1S/C11H24N2O2S/c1-11(2,3)9-16(14,15)13-8-6-4-5-7-10(13)12/h10H,4-9,12H2,1-3H3. The Kier molecular flexibility index (Phi) is 4.37. The Bertz CT molecular complexity index is 319. The predicted molar refractivity (Wildman–Crippen MR) is 66.4 cm³/mol. The average molecular weight is 248 g/mol. The van der Waals surface area contributed by atoms with Crippen LogP contribution in [0, 0.1) is 5.41 Å². The van der Waals surface area contributed by atoms with Gasteiger partial charge >= 0.3 is 0 Å². The molecule has 0 aliphatic carbocycles. The molecule has 0 aromatic carbocycles. The quantitative estimate of drug-likeness (QED) is 0.806. The van der Waals surface area contributed by atoms with Gasteiger partial charge < -0.3 is 5.73 Å². The third-order valence-corrected chi connectivity index (χ3v) is 5.12. The van der Waals surface area contributed by atoms with Crippen LogP contribution >= 0.6 is 0 Å². The number of hydrogen-bond donors (Lipinski definition) is 1. The summed E-state index contributed by atoms with van der Waals surface area (Å²) < 4.78 is 25.9. The van der Waals surface area contributed by atoms with E-state index < -0.39 is 10.0 Å². The van der Waals surface area contributed by atoms with Gasteiger partial charge in [0.15, 0.2) is 0 Å². The van der Waals surface area contributed by atoms with Crippen LogP contribution in [0.2, 0.25) is 0 Å². The van der Waals surface area contributed by atoms with E-state index in [0.717, 1.165) is 25.7 Å². The maximum absolute atomic E-state index is 12.2. The molecule has 0 amide bonds. The molecule has 1 saturated heterocycles. The first-order valence-corrected chi connectivity index (χ1v) is 7.58. The third kappa shape index (κ3) is 4.03. The topological polar surface area (TPSA) is 63.4 Å². The summed E-state index contributed by atoms with van der Waals surface area (Å²) in [7, 11) is -3.21. The first kappa shape index (κ1) is 13.9. The highest BCUT2D eigenvalue weighted by Gasteiger charge is 2.32. The minimum absolute atomic E-state index is 0.174. The fraction of sp³-hybridized carbons (Fsp3) is 1.00. The number of sulfonamides is 1. The van der Waals surface area contributed by atoms with E-state index in [9.17, 15) is 8.42 Å². The Labute approximate surface area is 99.2 Å². The predicted octanol–water partition coefficient (Wildman–Crippen LogP) is 1.52. The van der Waals surface area contributed by atoms with Gasteiger partial charge in [-0.05, 0) is 18.3 Å². The van der Waals surface area contributed by atoms with Crippen molar-refractivity contribution in [2.75, 3.05) is 12.3 Å². The van der Waals surface area contributed by atoms with Gasteiger partial charge in [0.25, 0.3) is 0 Å². The van der Waals surface area contributed by atoms with Gasteiger partial charge in [-0.25, -0.2) is 8.42 Å². The van der Waals surface area contributed by atoms with Crippen LogP contribution in [-0.4, -0.2) is 31.2 Å². The minimum Gasteiger partial charge on any atom is -0.315 e. The average Bonchev–Trinajstić information content (AvgIpc) is 2.25. The van der Waals surface area contributed by atoms with Gasteiger partial charge in [0.1, 0.15) is 0 Å². The summed E-state index contributed by atoms with van der Waals surface area (Å²) in [6.45, 7) is 6.40. The van der Waals surface area contributed by atoms with Gasteiger partial charge in [-0.15, -0.1) is 0 Å². The van der Waals surface area contributed by atoms with Crippen LogP contribution in [0.3, 0.4) is 0 Å². The van der Waals surface area contributed by atoms with Crippen molar-refractivity contribution >= 4 is 10.0 Å². The van der Waals surface area contributed by atoms with E-state index in [1.165, 1.54) is 4.31 Å². The van der Waals surface area contributed by atoms with E-state index in [1.807, 2.05) is 20.8 Å². The lowest BCUT2D eigenvalue weighted by molar-refractivity contribution is 0.321. The first-order valence-electron chi connectivity index (χ1n) is 5.97. The SMILES string of the molecule is CC(C)(C)CS(=O)(=O)N1CCCCCC1N. The zero-order valence-corrected chi connectivity index (χ0v) is 11.4. The van der Waals surface area contributed by atoms with Crippen LogP contribution in [0.5, 0.6) is 0 Å². The molecule has 1 heterocycles. The van der Waals surface area contributed by atoms with Crippen molar-refractivity contribution in [3.63, 3.8) is 0 Å². The monoisotopic (exact) mass is 248 g/mol. The van der Waals surface area contributed by atoms with Crippen LogP contribution in [0.25, 0.3) is 0 Å². The normalized spacial score (nSPS) is 25.4. The van der Waals surface area contributed by atoms with Crippen LogP contribution < -0.4 is 5.73 Å². The second-order valence-electron chi connectivity index (χ2n) is 5.84. The first-order chi connectivity index (χ1) is 7.22. The van der Waals surface area contributed by atoms with Gasteiger partial charge in [0, 0.05) is 6.54 Å². The number of hydrogen-bond acceptors (Lipinski definition) is 3. The minimum atomic E-state index is -3.21. The van der Waals surface area contributed by atoms with E-state index in [1.54, 1.807) is 0 Å². The van der Waals surface area contributed by atoms with Crippen LogP contribution in [-0.2, 0) is 10.0 Å². The number of rotatable bonds is 2. The Morgan fingerprint density at radius 2 is 1.88 bits per heavy atom. The smallest absolute Gasteiger partial charge is 0.215 e. The zero-order chi connectivity index (χ0) is 12.4. The fourth-order valence-electron chi connectivity index (χ4n) is 2.08. The molecule has 0 aromatic heterocycles. The highest BCUT2D eigenvalue weighted by Crippen LogP contribution is 2.23. The van der Waals surface area contributed by atoms with Gasteiger partial charge in [-0.2, -0.15) is 4.31 Å². The molecule has 1 aliphatic heterocycles. The van der Waals surface area contributed by atoms with Crippen LogP contribution in [0.1, 0.15) is 46.5 Å². The highest BCUT2D eigenvalue weighted by molar-refractivity contribution is 7.89. The zero-order valence-electron chi connectivity index (χ0n) is 10.6. The lowest BCUT2D eigenvalue weighted by atomic mass is 10.0.